The van der Waals surface area contributed by atoms with Crippen molar-refractivity contribution < 1.29 is 0 Å². The van der Waals surface area contributed by atoms with Gasteiger partial charge in [-0.2, -0.15) is 0 Å². The van der Waals surface area contributed by atoms with Crippen molar-refractivity contribution in [2.45, 2.75) is 32.2 Å². The highest BCUT2D eigenvalue weighted by molar-refractivity contribution is 8.60. The fraction of sp³-hybridized carbons (Fsp3) is 0.0909. The van der Waals surface area contributed by atoms with E-state index in [9.17, 15) is 0 Å². The SMILES string of the molecule is c1ccc(P(SCCCCCCn2c3ccc(-c4cccc(-n5c6ccccc6c6ccccc65)c4)cc3c3cc(-c4cccc(-n5c6ccccc6c6ccccc65)c4)ccc32)c2ccccc2)cc1. The van der Waals surface area contributed by atoms with Crippen molar-refractivity contribution in [1.29, 1.82) is 0 Å². The first-order valence-corrected chi connectivity index (χ1v) is 28.0. The molecular weight excluding hydrogens is 898 g/mol. The highest BCUT2D eigenvalue weighted by atomic mass is 32.7. The summed E-state index contributed by atoms with van der Waals surface area (Å²) in [7, 11) is -0.427. The summed E-state index contributed by atoms with van der Waals surface area (Å²) in [6, 6.07) is 89.8. The fourth-order valence-electron chi connectivity index (χ4n) is 11.1. The number of aryl methyl sites for hydroxylation is 1. The lowest BCUT2D eigenvalue weighted by molar-refractivity contribution is 0.604. The zero-order chi connectivity index (χ0) is 47.1. The molecule has 342 valence electrons. The molecule has 0 unspecified atom stereocenters. The number of unbranched alkanes of at least 4 members (excludes halogenated alkanes) is 3. The maximum atomic E-state index is 2.60. The van der Waals surface area contributed by atoms with Crippen LogP contribution in [-0.2, 0) is 6.54 Å². The van der Waals surface area contributed by atoms with Crippen LogP contribution in [0.1, 0.15) is 25.7 Å². The molecule has 3 heterocycles. The molecule has 13 rings (SSSR count). The van der Waals surface area contributed by atoms with Crippen LogP contribution in [0.15, 0.2) is 243 Å². The molecule has 0 aliphatic rings. The van der Waals surface area contributed by atoms with Crippen molar-refractivity contribution in [1.82, 2.24) is 13.7 Å². The van der Waals surface area contributed by atoms with Crippen molar-refractivity contribution in [2.24, 2.45) is 0 Å². The Labute approximate surface area is 420 Å². The average Bonchev–Trinajstić information content (AvgIpc) is 4.07. The largest absolute Gasteiger partial charge is 0.340 e. The van der Waals surface area contributed by atoms with Crippen LogP contribution in [0.4, 0.5) is 0 Å². The Kier molecular flexibility index (Phi) is 11.6. The van der Waals surface area contributed by atoms with E-state index in [0.29, 0.717) is 0 Å². The summed E-state index contributed by atoms with van der Waals surface area (Å²) in [5.41, 5.74) is 14.7. The quantitative estimate of drug-likeness (QED) is 0.0783. The van der Waals surface area contributed by atoms with Gasteiger partial charge in [0.2, 0.25) is 0 Å². The molecule has 0 fully saturated rings. The zero-order valence-electron chi connectivity index (χ0n) is 39.5. The molecular formula is C66H52N3PS. The van der Waals surface area contributed by atoms with E-state index in [1.165, 1.54) is 135 Å². The lowest BCUT2D eigenvalue weighted by atomic mass is 9.99. The molecule has 0 amide bonds. The smallest absolute Gasteiger partial charge is 0.0541 e. The van der Waals surface area contributed by atoms with E-state index in [1.807, 2.05) is 0 Å². The predicted molar refractivity (Wildman–Crippen MR) is 309 cm³/mol. The van der Waals surface area contributed by atoms with Gasteiger partial charge in [0.25, 0.3) is 0 Å². The van der Waals surface area contributed by atoms with E-state index in [2.05, 4.69) is 268 Å². The highest BCUT2D eigenvalue weighted by Crippen LogP contribution is 2.48. The number of hydrogen-bond acceptors (Lipinski definition) is 1. The topological polar surface area (TPSA) is 14.8 Å². The van der Waals surface area contributed by atoms with Crippen molar-refractivity contribution in [3.05, 3.63) is 243 Å². The Bertz CT molecular complexity index is 3690. The molecule has 3 nitrogen and oxygen atoms in total. The third-order valence-electron chi connectivity index (χ3n) is 14.4. The average molecular weight is 950 g/mol. The van der Waals surface area contributed by atoms with Gasteiger partial charge in [0.15, 0.2) is 0 Å². The number of hydrogen-bond donors (Lipinski definition) is 0. The van der Waals surface area contributed by atoms with E-state index < -0.39 is 7.12 Å². The first-order valence-electron chi connectivity index (χ1n) is 25.0. The maximum absolute atomic E-state index is 2.60. The third-order valence-corrected chi connectivity index (χ3v) is 19.2. The maximum Gasteiger partial charge on any atom is 0.0541 e. The first kappa shape index (κ1) is 43.4. The van der Waals surface area contributed by atoms with Gasteiger partial charge >= 0.3 is 0 Å². The van der Waals surface area contributed by atoms with Crippen LogP contribution in [0.2, 0.25) is 0 Å². The summed E-state index contributed by atoms with van der Waals surface area (Å²) in [5, 5.41) is 10.6. The van der Waals surface area contributed by atoms with Crippen LogP contribution < -0.4 is 10.6 Å². The number of rotatable bonds is 14. The molecule has 0 radical (unpaired) electrons. The lowest BCUT2D eigenvalue weighted by Gasteiger charge is -2.17. The van der Waals surface area contributed by atoms with Gasteiger partial charge in [0.05, 0.1) is 22.1 Å². The van der Waals surface area contributed by atoms with Crippen LogP contribution in [0, 0.1) is 0 Å². The summed E-state index contributed by atoms with van der Waals surface area (Å²) in [5.74, 6) is 1.17. The number of nitrogens with zero attached hydrogens (tertiary/aromatic N) is 3. The number of benzene rings is 10. The molecule has 71 heavy (non-hydrogen) atoms. The Morgan fingerprint density at radius 3 is 1.14 bits per heavy atom. The first-order chi connectivity index (χ1) is 35.2. The second-order valence-corrected chi connectivity index (χ2v) is 22.8. The van der Waals surface area contributed by atoms with E-state index in [0.717, 1.165) is 13.0 Å². The number of aromatic nitrogens is 3. The lowest BCUT2D eigenvalue weighted by Crippen LogP contribution is -2.09. The normalized spacial score (nSPS) is 11.9. The molecule has 13 aromatic rings. The van der Waals surface area contributed by atoms with Gasteiger partial charge < -0.3 is 13.7 Å². The van der Waals surface area contributed by atoms with Crippen LogP contribution in [-0.4, -0.2) is 19.5 Å². The summed E-state index contributed by atoms with van der Waals surface area (Å²) in [4.78, 5) is 0. The Morgan fingerprint density at radius 1 is 0.296 bits per heavy atom. The van der Waals surface area contributed by atoms with Gasteiger partial charge in [-0.25, -0.2) is 0 Å². The van der Waals surface area contributed by atoms with E-state index >= 15 is 0 Å². The Hall–Kier alpha value is -7.62. The summed E-state index contributed by atoms with van der Waals surface area (Å²) < 4.78 is 7.44. The van der Waals surface area contributed by atoms with Gasteiger partial charge in [-0.3, -0.25) is 0 Å². The summed E-state index contributed by atoms with van der Waals surface area (Å²) in [6.07, 6.45) is 4.80. The van der Waals surface area contributed by atoms with Crippen LogP contribution in [0.3, 0.4) is 0 Å². The van der Waals surface area contributed by atoms with Gasteiger partial charge in [0, 0.05) is 68.4 Å². The minimum Gasteiger partial charge on any atom is -0.340 e. The van der Waals surface area contributed by atoms with Crippen LogP contribution >= 0.6 is 18.5 Å². The van der Waals surface area contributed by atoms with Crippen molar-refractivity contribution >= 4 is 94.5 Å². The molecule has 0 saturated carbocycles. The molecule has 0 bridgehead atoms. The monoisotopic (exact) mass is 949 g/mol. The molecule has 3 aromatic heterocycles. The zero-order valence-corrected chi connectivity index (χ0v) is 41.2. The Morgan fingerprint density at radius 2 is 0.690 bits per heavy atom. The van der Waals surface area contributed by atoms with E-state index in [-0.39, 0.29) is 0 Å². The van der Waals surface area contributed by atoms with Gasteiger partial charge in [-0.05, 0) is 124 Å². The fourth-order valence-corrected chi connectivity index (χ4v) is 15.6. The van der Waals surface area contributed by atoms with Crippen LogP contribution in [0.5, 0.6) is 0 Å². The van der Waals surface area contributed by atoms with E-state index in [1.54, 1.807) is 0 Å². The standard InChI is InChI=1S/C66H52N3PS/c1(2-18-42-71-70(53-25-5-3-6-26-53)54-27-7-4-8-28-54)17-41-67-61-39-37-49(47-21-19-23-51(43-47)68-63-33-13-9-29-55(63)56-30-10-14-34-64(56)68)45-59(61)60-46-50(38-40-62(60)67)48-22-20-24-52(44-48)69-65-35-15-11-31-57(65)58-32-12-16-36-66(58)69/h3-16,19-40,43-46H,1-2,17-18,41-42H2. The molecule has 5 heteroatoms. The van der Waals surface area contributed by atoms with Gasteiger partial charge in [-0.15, -0.1) is 11.4 Å². The molecule has 0 atom stereocenters. The molecule has 0 N–H and O–H groups in total. The second kappa shape index (κ2) is 18.9. The third kappa shape index (κ3) is 8.02. The highest BCUT2D eigenvalue weighted by Gasteiger charge is 2.18. The van der Waals surface area contributed by atoms with Crippen molar-refractivity contribution in [3.8, 4) is 33.6 Å². The molecule has 0 aliphatic carbocycles. The minimum atomic E-state index is -0.427. The van der Waals surface area contributed by atoms with Crippen molar-refractivity contribution in [3.63, 3.8) is 0 Å². The molecule has 0 spiro atoms. The molecule has 10 aromatic carbocycles. The van der Waals surface area contributed by atoms with Gasteiger partial charge in [-0.1, -0.05) is 183 Å². The van der Waals surface area contributed by atoms with Gasteiger partial charge in [0.1, 0.15) is 0 Å². The van der Waals surface area contributed by atoms with E-state index in [4.69, 9.17) is 0 Å². The molecule has 0 aliphatic heterocycles. The van der Waals surface area contributed by atoms with Crippen LogP contribution in [0.25, 0.3) is 99.0 Å². The number of para-hydroxylation sites is 4. The predicted octanol–water partition coefficient (Wildman–Crippen LogP) is 17.7. The molecule has 0 saturated heterocycles. The van der Waals surface area contributed by atoms with Crippen molar-refractivity contribution in [2.75, 3.05) is 5.75 Å². The number of fused-ring (bicyclic) bond motifs is 9. The summed E-state index contributed by atoms with van der Waals surface area (Å²) in [6.45, 7) is 0.985. The second-order valence-electron chi connectivity index (χ2n) is 18.7. The minimum absolute atomic E-state index is 0.427. The Balaban J connectivity index is 0.838. The summed E-state index contributed by atoms with van der Waals surface area (Å²) >= 11 is 2.14.